The Labute approximate surface area is 113 Å². The van der Waals surface area contributed by atoms with Crippen molar-refractivity contribution in [2.75, 3.05) is 11.1 Å². The van der Waals surface area contributed by atoms with Crippen molar-refractivity contribution in [3.05, 3.63) is 40.5 Å². The Morgan fingerprint density at radius 1 is 1.45 bits per heavy atom. The van der Waals surface area contributed by atoms with Crippen LogP contribution in [0.15, 0.2) is 27.8 Å². The van der Waals surface area contributed by atoms with Crippen LogP contribution in [0.1, 0.15) is 11.7 Å². The lowest BCUT2D eigenvalue weighted by molar-refractivity contribution is 0.379. The summed E-state index contributed by atoms with van der Waals surface area (Å²) in [5.41, 5.74) is 7.37. The lowest BCUT2D eigenvalue weighted by Crippen LogP contribution is -2.09. The van der Waals surface area contributed by atoms with Crippen molar-refractivity contribution in [2.24, 2.45) is 0 Å². The molecule has 0 spiro atoms. The van der Waals surface area contributed by atoms with E-state index in [2.05, 4.69) is 25.4 Å². The van der Waals surface area contributed by atoms with Crippen LogP contribution >= 0.6 is 0 Å². The quantitative estimate of drug-likeness (QED) is 0.603. The van der Waals surface area contributed by atoms with E-state index in [-0.39, 0.29) is 5.56 Å². The molecule has 8 nitrogen and oxygen atoms in total. The normalized spacial score (nSPS) is 10.8. The minimum atomic E-state index is -0.222. The number of benzene rings is 1. The number of nitrogens with zero attached hydrogens (tertiary/aromatic N) is 3. The molecule has 2 heterocycles. The monoisotopic (exact) mass is 272 g/mol. The summed E-state index contributed by atoms with van der Waals surface area (Å²) < 4.78 is 5.00. The Morgan fingerprint density at radius 3 is 3.05 bits per heavy atom. The van der Waals surface area contributed by atoms with Crippen LogP contribution < -0.4 is 16.6 Å². The second kappa shape index (κ2) is 4.65. The number of aryl methyl sites for hydroxylation is 1. The molecule has 3 rings (SSSR count). The van der Waals surface area contributed by atoms with Crippen LogP contribution in [0.2, 0.25) is 0 Å². The number of rotatable bonds is 3. The van der Waals surface area contributed by atoms with Crippen molar-refractivity contribution < 1.29 is 4.52 Å². The molecule has 0 radical (unpaired) electrons. The summed E-state index contributed by atoms with van der Waals surface area (Å²) in [6.07, 6.45) is 1.35. The number of aromatic amines is 1. The van der Waals surface area contributed by atoms with Gasteiger partial charge in [-0.15, -0.1) is 0 Å². The summed E-state index contributed by atoms with van der Waals surface area (Å²) in [4.78, 5) is 22.3. The third kappa shape index (κ3) is 2.18. The van der Waals surface area contributed by atoms with Gasteiger partial charge in [0.25, 0.3) is 5.56 Å². The minimum Gasteiger partial charge on any atom is -0.397 e. The lowest BCUT2D eigenvalue weighted by atomic mass is 10.2. The highest BCUT2D eigenvalue weighted by Crippen LogP contribution is 2.23. The molecular weight excluding hydrogens is 260 g/mol. The van der Waals surface area contributed by atoms with Crippen molar-refractivity contribution in [1.29, 1.82) is 0 Å². The van der Waals surface area contributed by atoms with Crippen LogP contribution in [0.3, 0.4) is 0 Å². The van der Waals surface area contributed by atoms with E-state index in [1.54, 1.807) is 19.1 Å². The van der Waals surface area contributed by atoms with E-state index in [1.807, 2.05) is 0 Å². The van der Waals surface area contributed by atoms with Gasteiger partial charge in [0.05, 0.1) is 35.1 Å². The molecule has 0 fully saturated rings. The summed E-state index contributed by atoms with van der Waals surface area (Å²) in [7, 11) is 0. The summed E-state index contributed by atoms with van der Waals surface area (Å²) in [5, 5.41) is 7.23. The average molecular weight is 272 g/mol. The Bertz CT molecular complexity index is 822. The number of H-pyrrole nitrogens is 1. The first-order valence-electron chi connectivity index (χ1n) is 5.93. The first-order valence-corrected chi connectivity index (χ1v) is 5.93. The molecule has 0 atom stereocenters. The van der Waals surface area contributed by atoms with Crippen LogP contribution in [0.4, 0.5) is 11.4 Å². The number of nitrogen functional groups attached to an aromatic ring is 1. The highest BCUT2D eigenvalue weighted by Gasteiger charge is 2.07. The Morgan fingerprint density at radius 2 is 2.30 bits per heavy atom. The maximum Gasteiger partial charge on any atom is 0.258 e. The number of nitrogens with one attached hydrogen (secondary N) is 2. The molecule has 0 aliphatic heterocycles. The first kappa shape index (κ1) is 12.2. The number of aromatic nitrogens is 4. The van der Waals surface area contributed by atoms with Crippen molar-refractivity contribution in [1.82, 2.24) is 20.1 Å². The summed E-state index contributed by atoms with van der Waals surface area (Å²) in [6.45, 7) is 2.09. The minimum absolute atomic E-state index is 0.222. The molecule has 0 saturated carbocycles. The first-order chi connectivity index (χ1) is 9.63. The zero-order chi connectivity index (χ0) is 14.1. The maximum absolute atomic E-state index is 11.6. The van der Waals surface area contributed by atoms with Gasteiger partial charge in [-0.25, -0.2) is 4.98 Å². The largest absolute Gasteiger partial charge is 0.397 e. The molecule has 3 aromatic rings. The molecule has 8 heteroatoms. The Kier molecular flexibility index (Phi) is 2.82. The van der Waals surface area contributed by atoms with E-state index in [0.29, 0.717) is 40.5 Å². The SMILES string of the molecule is Cc1noc(CNc2cc3nc[nH]c(=O)c3cc2N)n1. The summed E-state index contributed by atoms with van der Waals surface area (Å²) >= 11 is 0. The molecular formula is C12H12N6O2. The topological polar surface area (TPSA) is 123 Å². The second-order valence-electron chi connectivity index (χ2n) is 4.28. The van der Waals surface area contributed by atoms with Crippen LogP contribution in [-0.2, 0) is 6.54 Å². The van der Waals surface area contributed by atoms with Crippen LogP contribution in [-0.4, -0.2) is 20.1 Å². The van der Waals surface area contributed by atoms with E-state index in [0.717, 1.165) is 0 Å². The van der Waals surface area contributed by atoms with Crippen LogP contribution in [0.5, 0.6) is 0 Å². The lowest BCUT2D eigenvalue weighted by Gasteiger charge is -2.08. The molecule has 1 aromatic carbocycles. The van der Waals surface area contributed by atoms with Gasteiger partial charge in [-0.1, -0.05) is 5.16 Å². The van der Waals surface area contributed by atoms with Gasteiger partial charge in [0.15, 0.2) is 5.82 Å². The smallest absolute Gasteiger partial charge is 0.258 e. The van der Waals surface area contributed by atoms with Gasteiger partial charge in [-0.3, -0.25) is 4.79 Å². The van der Waals surface area contributed by atoms with Crippen molar-refractivity contribution in [3.8, 4) is 0 Å². The van der Waals surface area contributed by atoms with E-state index in [4.69, 9.17) is 10.3 Å². The van der Waals surface area contributed by atoms with Gasteiger partial charge in [0.2, 0.25) is 5.89 Å². The van der Waals surface area contributed by atoms with E-state index >= 15 is 0 Å². The van der Waals surface area contributed by atoms with Gasteiger partial charge in [0, 0.05) is 0 Å². The fourth-order valence-electron chi connectivity index (χ4n) is 1.87. The molecule has 0 saturated heterocycles. The average Bonchev–Trinajstić information content (AvgIpc) is 2.83. The molecule has 0 aliphatic rings. The predicted molar refractivity (Wildman–Crippen MR) is 73.1 cm³/mol. The van der Waals surface area contributed by atoms with E-state index in [1.165, 1.54) is 6.33 Å². The number of hydrogen-bond donors (Lipinski definition) is 3. The number of anilines is 2. The van der Waals surface area contributed by atoms with Gasteiger partial charge >= 0.3 is 0 Å². The molecule has 0 amide bonds. The molecule has 4 N–H and O–H groups in total. The van der Waals surface area contributed by atoms with Crippen LogP contribution in [0.25, 0.3) is 10.9 Å². The van der Waals surface area contributed by atoms with Crippen LogP contribution in [0, 0.1) is 6.92 Å². The number of nitrogens with two attached hydrogens (primary N) is 1. The van der Waals surface area contributed by atoms with E-state index in [9.17, 15) is 4.79 Å². The van der Waals surface area contributed by atoms with Gasteiger partial charge < -0.3 is 20.6 Å². The third-order valence-corrected chi connectivity index (χ3v) is 2.81. The highest BCUT2D eigenvalue weighted by molar-refractivity contribution is 5.88. The standard InChI is InChI=1S/C12H12N6O2/c1-6-17-11(20-18-6)4-14-10-3-9-7(2-8(10)13)12(19)16-5-15-9/h2-3,5,14H,4,13H2,1H3,(H,15,16,19). The maximum atomic E-state index is 11.6. The van der Waals surface area contributed by atoms with Crippen molar-refractivity contribution in [2.45, 2.75) is 13.5 Å². The summed E-state index contributed by atoms with van der Waals surface area (Å²) in [6, 6.07) is 3.30. The molecule has 102 valence electrons. The fourth-order valence-corrected chi connectivity index (χ4v) is 1.87. The second-order valence-corrected chi connectivity index (χ2v) is 4.28. The van der Waals surface area contributed by atoms with Gasteiger partial charge in [0.1, 0.15) is 0 Å². The van der Waals surface area contributed by atoms with Gasteiger partial charge in [-0.2, -0.15) is 4.98 Å². The third-order valence-electron chi connectivity index (χ3n) is 2.81. The predicted octanol–water partition coefficient (Wildman–Crippen LogP) is 0.809. The molecule has 20 heavy (non-hydrogen) atoms. The van der Waals surface area contributed by atoms with Crippen molar-refractivity contribution >= 4 is 22.3 Å². The van der Waals surface area contributed by atoms with E-state index < -0.39 is 0 Å². The Balaban J connectivity index is 1.91. The number of hydrogen-bond acceptors (Lipinski definition) is 7. The molecule has 0 bridgehead atoms. The highest BCUT2D eigenvalue weighted by atomic mass is 16.5. The zero-order valence-corrected chi connectivity index (χ0v) is 10.7. The number of fused-ring (bicyclic) bond motifs is 1. The van der Waals surface area contributed by atoms with Crippen molar-refractivity contribution in [3.63, 3.8) is 0 Å². The van der Waals surface area contributed by atoms with Gasteiger partial charge in [-0.05, 0) is 19.1 Å². The molecule has 0 unspecified atom stereocenters. The zero-order valence-electron chi connectivity index (χ0n) is 10.7. The summed E-state index contributed by atoms with van der Waals surface area (Å²) in [5.74, 6) is 1.03. The Hall–Kier alpha value is -2.90. The fraction of sp³-hybridized carbons (Fsp3) is 0.167. The molecule has 0 aliphatic carbocycles. The molecule has 2 aromatic heterocycles.